The van der Waals surface area contributed by atoms with Crippen molar-refractivity contribution in [1.82, 2.24) is 14.9 Å². The Balaban J connectivity index is 1.53. The van der Waals surface area contributed by atoms with Gasteiger partial charge in [0.05, 0.1) is 24.2 Å². The highest BCUT2D eigenvalue weighted by Crippen LogP contribution is 2.31. The van der Waals surface area contributed by atoms with Gasteiger partial charge in [-0.25, -0.2) is 0 Å². The lowest BCUT2D eigenvalue weighted by atomic mass is 10.0. The molecule has 0 aliphatic heterocycles. The molecule has 0 spiro atoms. The molecule has 1 atom stereocenters. The highest BCUT2D eigenvalue weighted by Gasteiger charge is 2.17. The van der Waals surface area contributed by atoms with Gasteiger partial charge >= 0.3 is 0 Å². The van der Waals surface area contributed by atoms with Gasteiger partial charge in [-0.3, -0.25) is 14.6 Å². The molecule has 4 rings (SSSR count). The molecular formula is C26H25N3O4. The number of carbonyl (C=O) groups excluding carboxylic acids is 1. The number of nitrogens with one attached hydrogen (secondary N) is 1. The molecule has 2 aromatic carbocycles. The summed E-state index contributed by atoms with van der Waals surface area (Å²) >= 11 is 0. The molecule has 2 aromatic heterocycles. The number of para-hydroxylation sites is 1. The lowest BCUT2D eigenvalue weighted by Gasteiger charge is -2.18. The number of hydrogen-bond donors (Lipinski definition) is 1. The zero-order valence-corrected chi connectivity index (χ0v) is 18.7. The van der Waals surface area contributed by atoms with Crippen LogP contribution in [0.15, 0.2) is 77.9 Å². The summed E-state index contributed by atoms with van der Waals surface area (Å²) in [7, 11) is 3.27. The second-order valence-electron chi connectivity index (χ2n) is 7.72. The molecule has 0 bridgehead atoms. The molecule has 0 fully saturated rings. The molecule has 33 heavy (non-hydrogen) atoms. The topological polar surface area (TPSA) is 82.5 Å². The fourth-order valence-electron chi connectivity index (χ4n) is 3.67. The molecule has 0 aliphatic carbocycles. The second-order valence-corrected chi connectivity index (χ2v) is 7.72. The van der Waals surface area contributed by atoms with Crippen molar-refractivity contribution >= 4 is 16.8 Å². The van der Waals surface area contributed by atoms with Gasteiger partial charge in [-0.05, 0) is 48.4 Å². The van der Waals surface area contributed by atoms with Crippen LogP contribution in [0.2, 0.25) is 0 Å². The van der Waals surface area contributed by atoms with E-state index < -0.39 is 0 Å². The molecule has 7 nitrogen and oxygen atoms in total. The van der Waals surface area contributed by atoms with Gasteiger partial charge in [0.2, 0.25) is 0 Å². The van der Waals surface area contributed by atoms with E-state index in [1.165, 1.54) is 10.6 Å². The van der Waals surface area contributed by atoms with Crippen LogP contribution in [0.1, 0.15) is 34.5 Å². The largest absolute Gasteiger partial charge is 0.493 e. The SMILES string of the molecule is COc1cc(C(C)NC(=O)c2cc(=O)n(C)c3ccccc23)ccc1OCc1ccncc1. The summed E-state index contributed by atoms with van der Waals surface area (Å²) in [6.45, 7) is 2.27. The van der Waals surface area contributed by atoms with E-state index in [9.17, 15) is 9.59 Å². The van der Waals surface area contributed by atoms with Crippen LogP contribution in [0.3, 0.4) is 0 Å². The number of pyridine rings is 2. The maximum Gasteiger partial charge on any atom is 0.252 e. The number of nitrogens with zero attached hydrogens (tertiary/aromatic N) is 2. The zero-order valence-electron chi connectivity index (χ0n) is 18.7. The maximum absolute atomic E-state index is 13.1. The number of fused-ring (bicyclic) bond motifs is 1. The maximum atomic E-state index is 13.1. The van der Waals surface area contributed by atoms with Gasteiger partial charge < -0.3 is 19.4 Å². The molecule has 0 aliphatic rings. The van der Waals surface area contributed by atoms with Crippen molar-refractivity contribution in [1.29, 1.82) is 0 Å². The van der Waals surface area contributed by atoms with Crippen molar-refractivity contribution in [2.24, 2.45) is 7.05 Å². The highest BCUT2D eigenvalue weighted by molar-refractivity contribution is 6.06. The Morgan fingerprint density at radius 2 is 1.82 bits per heavy atom. The van der Waals surface area contributed by atoms with E-state index in [2.05, 4.69) is 10.3 Å². The van der Waals surface area contributed by atoms with Crippen LogP contribution in [-0.4, -0.2) is 22.6 Å². The van der Waals surface area contributed by atoms with E-state index >= 15 is 0 Å². The standard InChI is InChI=1S/C26H25N3O4/c1-17(28-26(31)21-15-25(30)29(2)22-7-5-4-6-20(21)22)19-8-9-23(24(14-19)32-3)33-16-18-10-12-27-13-11-18/h4-15,17H,16H2,1-3H3,(H,28,31). The molecule has 1 amide bonds. The van der Waals surface area contributed by atoms with Crippen LogP contribution in [0.4, 0.5) is 0 Å². The normalized spacial score (nSPS) is 11.7. The summed E-state index contributed by atoms with van der Waals surface area (Å²) in [4.78, 5) is 29.4. The molecule has 0 saturated carbocycles. The molecule has 1 unspecified atom stereocenters. The van der Waals surface area contributed by atoms with E-state index in [-0.39, 0.29) is 17.5 Å². The molecule has 0 saturated heterocycles. The van der Waals surface area contributed by atoms with Crippen molar-refractivity contribution in [2.45, 2.75) is 19.6 Å². The van der Waals surface area contributed by atoms with Crippen molar-refractivity contribution in [2.75, 3.05) is 7.11 Å². The first-order valence-electron chi connectivity index (χ1n) is 10.6. The number of hydrogen-bond acceptors (Lipinski definition) is 5. The molecule has 2 heterocycles. The van der Waals surface area contributed by atoms with Crippen molar-refractivity contribution < 1.29 is 14.3 Å². The van der Waals surface area contributed by atoms with E-state index in [0.29, 0.717) is 29.2 Å². The minimum atomic E-state index is -0.316. The third kappa shape index (κ3) is 4.72. The second kappa shape index (κ2) is 9.56. The number of amides is 1. The van der Waals surface area contributed by atoms with Crippen molar-refractivity contribution in [3.63, 3.8) is 0 Å². The average molecular weight is 444 g/mol. The summed E-state index contributed by atoms with van der Waals surface area (Å²) in [5.74, 6) is 0.865. The van der Waals surface area contributed by atoms with Crippen LogP contribution < -0.4 is 20.3 Å². The first-order valence-corrected chi connectivity index (χ1v) is 10.6. The Morgan fingerprint density at radius 1 is 1.06 bits per heavy atom. The Labute approximate surface area is 191 Å². The fourth-order valence-corrected chi connectivity index (χ4v) is 3.67. The average Bonchev–Trinajstić information content (AvgIpc) is 2.85. The Morgan fingerprint density at radius 3 is 2.58 bits per heavy atom. The summed E-state index contributed by atoms with van der Waals surface area (Å²) in [6, 6.07) is 17.7. The zero-order chi connectivity index (χ0) is 23.4. The summed E-state index contributed by atoms with van der Waals surface area (Å²) in [5.41, 5.74) is 2.68. The van der Waals surface area contributed by atoms with Crippen molar-refractivity contribution in [3.05, 3.63) is 100 Å². The molecular weight excluding hydrogens is 418 g/mol. The summed E-state index contributed by atoms with van der Waals surface area (Å²) in [5, 5.41) is 3.71. The van der Waals surface area contributed by atoms with Gasteiger partial charge in [0.15, 0.2) is 11.5 Å². The number of rotatable bonds is 7. The smallest absolute Gasteiger partial charge is 0.252 e. The van der Waals surface area contributed by atoms with Crippen LogP contribution in [0, 0.1) is 0 Å². The summed E-state index contributed by atoms with van der Waals surface area (Å²) in [6.07, 6.45) is 3.43. The van der Waals surface area contributed by atoms with Crippen LogP contribution in [0.25, 0.3) is 10.9 Å². The van der Waals surface area contributed by atoms with Crippen LogP contribution >= 0.6 is 0 Å². The van der Waals surface area contributed by atoms with Gasteiger partial charge in [0.1, 0.15) is 6.61 Å². The van der Waals surface area contributed by atoms with E-state index in [0.717, 1.165) is 16.5 Å². The predicted octanol–water partition coefficient (Wildman–Crippen LogP) is 4.01. The number of benzene rings is 2. The van der Waals surface area contributed by atoms with Gasteiger partial charge in [-0.15, -0.1) is 0 Å². The lowest BCUT2D eigenvalue weighted by molar-refractivity contribution is 0.0941. The minimum absolute atomic E-state index is 0.233. The molecule has 1 N–H and O–H groups in total. The highest BCUT2D eigenvalue weighted by atomic mass is 16.5. The van der Waals surface area contributed by atoms with Gasteiger partial charge in [-0.1, -0.05) is 24.3 Å². The Kier molecular flexibility index (Phi) is 6.40. The molecule has 4 aromatic rings. The van der Waals surface area contributed by atoms with E-state index in [4.69, 9.17) is 9.47 Å². The van der Waals surface area contributed by atoms with Crippen LogP contribution in [-0.2, 0) is 13.7 Å². The predicted molar refractivity (Wildman–Crippen MR) is 127 cm³/mol. The van der Waals surface area contributed by atoms with Gasteiger partial charge in [0.25, 0.3) is 11.5 Å². The van der Waals surface area contributed by atoms with Gasteiger partial charge in [-0.2, -0.15) is 0 Å². The monoisotopic (exact) mass is 443 g/mol. The lowest BCUT2D eigenvalue weighted by Crippen LogP contribution is -2.29. The minimum Gasteiger partial charge on any atom is -0.493 e. The molecule has 0 radical (unpaired) electrons. The van der Waals surface area contributed by atoms with Crippen molar-refractivity contribution in [3.8, 4) is 11.5 Å². The summed E-state index contributed by atoms with van der Waals surface area (Å²) < 4.78 is 12.9. The first kappa shape index (κ1) is 22.1. The number of aryl methyl sites for hydroxylation is 1. The number of ether oxygens (including phenoxy) is 2. The quantitative estimate of drug-likeness (QED) is 0.467. The Bertz CT molecular complexity index is 1350. The fraction of sp³-hybridized carbons (Fsp3) is 0.192. The first-order chi connectivity index (χ1) is 16.0. The number of carbonyl (C=O) groups is 1. The Hall–Kier alpha value is -4.13. The molecule has 168 valence electrons. The van der Waals surface area contributed by atoms with E-state index in [1.807, 2.05) is 61.5 Å². The number of aromatic nitrogens is 2. The number of methoxy groups -OCH3 is 1. The van der Waals surface area contributed by atoms with Crippen LogP contribution in [0.5, 0.6) is 11.5 Å². The van der Waals surface area contributed by atoms with Gasteiger partial charge in [0, 0.05) is 30.9 Å². The van der Waals surface area contributed by atoms with E-state index in [1.54, 1.807) is 26.6 Å². The third-order valence-corrected chi connectivity index (χ3v) is 5.58. The third-order valence-electron chi connectivity index (χ3n) is 5.58. The molecule has 7 heteroatoms.